The maximum Gasteiger partial charge on any atom is 0.358 e. The van der Waals surface area contributed by atoms with E-state index in [0.717, 1.165) is 31.6 Å². The number of hydrogen-bond acceptors (Lipinski definition) is 4. The monoisotopic (exact) mass is 238 g/mol. The van der Waals surface area contributed by atoms with Gasteiger partial charge < -0.3 is 10.0 Å². The highest BCUT2D eigenvalue weighted by molar-refractivity contribution is 5.86. The molecule has 1 N–H and O–H groups in total. The van der Waals surface area contributed by atoms with Gasteiger partial charge in [-0.15, -0.1) is 5.10 Å². The second-order valence-corrected chi connectivity index (χ2v) is 4.55. The molecule has 6 heteroatoms. The first-order chi connectivity index (χ1) is 8.13. The molecule has 0 aromatic carbocycles. The molecule has 2 heterocycles. The maximum atomic E-state index is 11.1. The first kappa shape index (κ1) is 12.0. The predicted molar refractivity (Wildman–Crippen MR) is 62.1 cm³/mol. The first-order valence-electron chi connectivity index (χ1n) is 5.98. The van der Waals surface area contributed by atoms with E-state index in [4.69, 9.17) is 5.11 Å². The second kappa shape index (κ2) is 4.83. The Balaban J connectivity index is 2.34. The molecule has 1 unspecified atom stereocenters. The normalized spacial score (nSPS) is 21.6. The van der Waals surface area contributed by atoms with Crippen LogP contribution in [0.4, 0.5) is 0 Å². The largest absolute Gasteiger partial charge is 0.476 e. The molecule has 0 radical (unpaired) electrons. The summed E-state index contributed by atoms with van der Waals surface area (Å²) in [5, 5.41) is 16.8. The van der Waals surface area contributed by atoms with E-state index in [0.29, 0.717) is 6.54 Å². The van der Waals surface area contributed by atoms with Crippen LogP contribution in [0.25, 0.3) is 0 Å². The number of nitrogens with zero attached hydrogens (tertiary/aromatic N) is 4. The molecule has 2 rings (SSSR count). The van der Waals surface area contributed by atoms with Gasteiger partial charge in [-0.2, -0.15) is 0 Å². The number of rotatable bonds is 3. The van der Waals surface area contributed by atoms with Crippen LogP contribution in [0.3, 0.4) is 0 Å². The minimum Gasteiger partial charge on any atom is -0.476 e. The molecule has 0 saturated carbocycles. The second-order valence-electron chi connectivity index (χ2n) is 4.55. The summed E-state index contributed by atoms with van der Waals surface area (Å²) >= 11 is 0. The van der Waals surface area contributed by atoms with Crippen molar-refractivity contribution in [3.05, 3.63) is 11.4 Å². The zero-order valence-electron chi connectivity index (χ0n) is 10.3. The summed E-state index contributed by atoms with van der Waals surface area (Å²) in [5.41, 5.74) is 0.902. The van der Waals surface area contributed by atoms with E-state index < -0.39 is 5.97 Å². The van der Waals surface area contributed by atoms with E-state index in [1.165, 1.54) is 0 Å². The maximum absolute atomic E-state index is 11.1. The summed E-state index contributed by atoms with van der Waals surface area (Å²) < 4.78 is 1.72. The molecular formula is C11H18N4O2. The van der Waals surface area contributed by atoms with E-state index >= 15 is 0 Å². The lowest BCUT2D eigenvalue weighted by atomic mass is 9.93. The summed E-state index contributed by atoms with van der Waals surface area (Å²) in [4.78, 5) is 13.4. The standard InChI is InChI=1S/C11H18N4O2/c1-3-15-10(9(11(16)17)12-13-15)8-5-4-6-14(2)7-8/h8H,3-7H2,1-2H3,(H,16,17). The molecule has 17 heavy (non-hydrogen) atoms. The van der Waals surface area contributed by atoms with Crippen molar-refractivity contribution in [1.29, 1.82) is 0 Å². The molecule has 1 aliphatic heterocycles. The molecule has 94 valence electrons. The van der Waals surface area contributed by atoms with Gasteiger partial charge in [-0.25, -0.2) is 9.48 Å². The molecule has 1 aromatic heterocycles. The van der Waals surface area contributed by atoms with Crippen molar-refractivity contribution in [3.63, 3.8) is 0 Å². The van der Waals surface area contributed by atoms with Gasteiger partial charge in [-0.05, 0) is 33.4 Å². The summed E-state index contributed by atoms with van der Waals surface area (Å²) in [6.07, 6.45) is 2.10. The SMILES string of the molecule is CCn1nnc(C(=O)O)c1C1CCCN(C)C1. The van der Waals surface area contributed by atoms with Crippen LogP contribution in [0, 0.1) is 0 Å². The molecule has 1 fully saturated rings. The number of aromatic nitrogens is 3. The Hall–Kier alpha value is -1.43. The van der Waals surface area contributed by atoms with E-state index in [9.17, 15) is 4.79 Å². The lowest BCUT2D eigenvalue weighted by Gasteiger charge is -2.29. The zero-order chi connectivity index (χ0) is 12.4. The van der Waals surface area contributed by atoms with Crippen molar-refractivity contribution in [2.24, 2.45) is 0 Å². The highest BCUT2D eigenvalue weighted by Crippen LogP contribution is 2.27. The number of hydrogen-bond donors (Lipinski definition) is 1. The summed E-state index contributed by atoms with van der Waals surface area (Å²) in [5.74, 6) is -0.747. The van der Waals surface area contributed by atoms with E-state index in [1.807, 2.05) is 6.92 Å². The van der Waals surface area contributed by atoms with Crippen molar-refractivity contribution in [2.75, 3.05) is 20.1 Å². The van der Waals surface area contributed by atoms with E-state index in [1.54, 1.807) is 4.68 Å². The van der Waals surface area contributed by atoms with Crippen LogP contribution < -0.4 is 0 Å². The van der Waals surface area contributed by atoms with Crippen LogP contribution >= 0.6 is 0 Å². The van der Waals surface area contributed by atoms with Crippen LogP contribution in [0.15, 0.2) is 0 Å². The van der Waals surface area contributed by atoms with Gasteiger partial charge in [0.1, 0.15) is 0 Å². The smallest absolute Gasteiger partial charge is 0.358 e. The fraction of sp³-hybridized carbons (Fsp3) is 0.727. The number of piperidine rings is 1. The average molecular weight is 238 g/mol. The van der Waals surface area contributed by atoms with Gasteiger partial charge in [0.25, 0.3) is 0 Å². The number of aromatic carboxylic acids is 1. The Morgan fingerprint density at radius 2 is 2.35 bits per heavy atom. The van der Waals surface area contributed by atoms with E-state index in [2.05, 4.69) is 22.3 Å². The topological polar surface area (TPSA) is 71.2 Å². The number of likely N-dealkylation sites (tertiary alicyclic amines) is 1. The van der Waals surface area contributed by atoms with Crippen LogP contribution in [0.5, 0.6) is 0 Å². The van der Waals surface area contributed by atoms with Crippen LogP contribution in [0.1, 0.15) is 41.9 Å². The average Bonchev–Trinajstić information content (AvgIpc) is 2.72. The Morgan fingerprint density at radius 1 is 1.59 bits per heavy atom. The Labute approximate surface area is 100 Å². The molecule has 1 aliphatic rings. The molecule has 1 aromatic rings. The lowest BCUT2D eigenvalue weighted by Crippen LogP contribution is -2.32. The Bertz CT molecular complexity index is 416. The minimum absolute atomic E-state index is 0.118. The summed E-state index contributed by atoms with van der Waals surface area (Å²) in [7, 11) is 2.06. The number of carbonyl (C=O) groups is 1. The third kappa shape index (κ3) is 2.31. The van der Waals surface area contributed by atoms with Gasteiger partial charge in [0.15, 0.2) is 5.69 Å². The fourth-order valence-electron chi connectivity index (χ4n) is 2.50. The third-order valence-corrected chi connectivity index (χ3v) is 3.29. The lowest BCUT2D eigenvalue weighted by molar-refractivity contribution is 0.0687. The number of carboxylic acids is 1. The molecule has 0 aliphatic carbocycles. The number of aryl methyl sites for hydroxylation is 1. The van der Waals surface area contributed by atoms with E-state index in [-0.39, 0.29) is 11.6 Å². The molecule has 1 atom stereocenters. The highest BCUT2D eigenvalue weighted by Gasteiger charge is 2.28. The first-order valence-corrected chi connectivity index (χ1v) is 5.98. The van der Waals surface area contributed by atoms with Gasteiger partial charge in [0, 0.05) is 19.0 Å². The van der Waals surface area contributed by atoms with Crippen molar-refractivity contribution >= 4 is 5.97 Å². The molecule has 0 bridgehead atoms. The predicted octanol–water partition coefficient (Wildman–Crippen LogP) is 0.805. The number of carboxylic acid groups (broad SMARTS) is 1. The third-order valence-electron chi connectivity index (χ3n) is 3.29. The molecule has 0 spiro atoms. The van der Waals surface area contributed by atoms with Gasteiger partial charge >= 0.3 is 5.97 Å². The minimum atomic E-state index is -0.979. The summed E-state index contributed by atoms with van der Waals surface area (Å²) in [6, 6.07) is 0. The van der Waals surface area contributed by atoms with Crippen LogP contribution in [-0.2, 0) is 6.54 Å². The van der Waals surface area contributed by atoms with Crippen molar-refractivity contribution in [3.8, 4) is 0 Å². The number of likely N-dealkylation sites (N-methyl/N-ethyl adjacent to an activating group) is 1. The van der Waals surface area contributed by atoms with Gasteiger partial charge in [0.05, 0.1) is 5.69 Å². The molecule has 6 nitrogen and oxygen atoms in total. The van der Waals surface area contributed by atoms with Crippen molar-refractivity contribution < 1.29 is 9.90 Å². The van der Waals surface area contributed by atoms with Crippen LogP contribution in [0.2, 0.25) is 0 Å². The molecule has 1 saturated heterocycles. The molecular weight excluding hydrogens is 220 g/mol. The Kier molecular flexibility index (Phi) is 3.42. The fourth-order valence-corrected chi connectivity index (χ4v) is 2.50. The van der Waals surface area contributed by atoms with Gasteiger partial charge in [-0.3, -0.25) is 0 Å². The van der Waals surface area contributed by atoms with Crippen molar-refractivity contribution in [1.82, 2.24) is 19.9 Å². The van der Waals surface area contributed by atoms with Crippen molar-refractivity contribution in [2.45, 2.75) is 32.2 Å². The van der Waals surface area contributed by atoms with Gasteiger partial charge in [0.2, 0.25) is 0 Å². The molecule has 0 amide bonds. The van der Waals surface area contributed by atoms with Gasteiger partial charge in [-0.1, -0.05) is 5.21 Å². The highest BCUT2D eigenvalue weighted by atomic mass is 16.4. The zero-order valence-corrected chi connectivity index (χ0v) is 10.3. The summed E-state index contributed by atoms with van der Waals surface area (Å²) in [6.45, 7) is 4.58. The Morgan fingerprint density at radius 3 is 2.94 bits per heavy atom. The van der Waals surface area contributed by atoms with Crippen LogP contribution in [-0.4, -0.2) is 51.1 Å². The quantitative estimate of drug-likeness (QED) is 0.843.